The zero-order chi connectivity index (χ0) is 9.26. The Labute approximate surface area is 78.8 Å². The molecule has 1 heterocycles. The lowest BCUT2D eigenvalue weighted by Crippen LogP contribution is -2.32. The minimum absolute atomic E-state index is 0.0504. The number of rotatable bonds is 0. The summed E-state index contributed by atoms with van der Waals surface area (Å²) in [6, 6.07) is 0. The molecule has 0 radical (unpaired) electrons. The molecule has 0 aromatic heterocycles. The Bertz CT molecular complexity index is 205. The van der Waals surface area contributed by atoms with E-state index in [-0.39, 0.29) is 12.0 Å². The fourth-order valence-electron chi connectivity index (χ4n) is 2.29. The average Bonchev–Trinajstić information content (AvgIpc) is 2.28. The van der Waals surface area contributed by atoms with Gasteiger partial charge in [0.2, 0.25) is 5.91 Å². The van der Waals surface area contributed by atoms with E-state index in [1.807, 2.05) is 6.92 Å². The molecule has 2 rings (SSSR count). The molecule has 0 aromatic carbocycles. The zero-order valence-corrected chi connectivity index (χ0v) is 8.08. The molecule has 2 aliphatic rings. The minimum atomic E-state index is -0.256. The van der Waals surface area contributed by atoms with Crippen molar-refractivity contribution < 1.29 is 9.53 Å². The number of carbonyl (C=O) groups excluding carboxylic acids is 1. The topological polar surface area (TPSA) is 38.3 Å². The van der Waals surface area contributed by atoms with Crippen LogP contribution in [0.1, 0.15) is 32.6 Å². The van der Waals surface area contributed by atoms with Crippen molar-refractivity contribution in [3.8, 4) is 0 Å². The van der Waals surface area contributed by atoms with E-state index in [0.717, 1.165) is 13.0 Å². The van der Waals surface area contributed by atoms with E-state index in [4.69, 9.17) is 4.74 Å². The van der Waals surface area contributed by atoms with Crippen LogP contribution in [0.5, 0.6) is 0 Å². The summed E-state index contributed by atoms with van der Waals surface area (Å²) < 4.78 is 5.72. The monoisotopic (exact) mass is 183 g/mol. The number of hydrogen-bond donors (Lipinski definition) is 1. The van der Waals surface area contributed by atoms with Gasteiger partial charge in [-0.3, -0.25) is 4.79 Å². The summed E-state index contributed by atoms with van der Waals surface area (Å²) in [7, 11) is 0. The first-order valence-electron chi connectivity index (χ1n) is 5.20. The van der Waals surface area contributed by atoms with Gasteiger partial charge in [-0.15, -0.1) is 0 Å². The van der Waals surface area contributed by atoms with Crippen LogP contribution in [-0.2, 0) is 9.53 Å². The summed E-state index contributed by atoms with van der Waals surface area (Å²) >= 11 is 0. The summed E-state index contributed by atoms with van der Waals surface area (Å²) in [5.41, 5.74) is 0. The van der Waals surface area contributed by atoms with Gasteiger partial charge in [0.15, 0.2) is 0 Å². The normalized spacial score (nSPS) is 40.4. The molecule has 1 N–H and O–H groups in total. The molecule has 0 bridgehead atoms. The number of amides is 1. The summed E-state index contributed by atoms with van der Waals surface area (Å²) in [5, 5.41) is 2.93. The van der Waals surface area contributed by atoms with E-state index in [9.17, 15) is 4.79 Å². The molecule has 1 aliphatic heterocycles. The van der Waals surface area contributed by atoms with Crippen molar-refractivity contribution in [3.63, 3.8) is 0 Å². The zero-order valence-electron chi connectivity index (χ0n) is 8.08. The molecule has 0 spiro atoms. The van der Waals surface area contributed by atoms with Crippen LogP contribution in [0, 0.1) is 5.92 Å². The van der Waals surface area contributed by atoms with Crippen LogP contribution >= 0.6 is 0 Å². The molecule has 74 valence electrons. The number of hydrogen-bond acceptors (Lipinski definition) is 2. The van der Waals surface area contributed by atoms with Gasteiger partial charge in [-0.05, 0) is 19.8 Å². The third kappa shape index (κ3) is 1.85. The first-order valence-corrected chi connectivity index (χ1v) is 5.20. The minimum Gasteiger partial charge on any atom is -0.365 e. The predicted molar refractivity (Wildman–Crippen MR) is 49.3 cm³/mol. The lowest BCUT2D eigenvalue weighted by atomic mass is 9.86. The molecular weight excluding hydrogens is 166 g/mol. The van der Waals surface area contributed by atoms with Crippen molar-refractivity contribution in [2.75, 3.05) is 6.54 Å². The van der Waals surface area contributed by atoms with Gasteiger partial charge in [-0.25, -0.2) is 0 Å². The molecule has 13 heavy (non-hydrogen) atoms. The fourth-order valence-corrected chi connectivity index (χ4v) is 2.29. The summed E-state index contributed by atoms with van der Waals surface area (Å²) in [5.74, 6) is 0.608. The average molecular weight is 183 g/mol. The van der Waals surface area contributed by atoms with E-state index in [2.05, 4.69) is 5.32 Å². The van der Waals surface area contributed by atoms with E-state index in [0.29, 0.717) is 12.0 Å². The van der Waals surface area contributed by atoms with Crippen molar-refractivity contribution in [2.45, 2.75) is 44.8 Å². The van der Waals surface area contributed by atoms with Gasteiger partial charge < -0.3 is 10.1 Å². The Morgan fingerprint density at radius 2 is 2.15 bits per heavy atom. The number of ether oxygens (including phenoxy) is 1. The molecule has 1 saturated heterocycles. The molecule has 2 fully saturated rings. The maximum absolute atomic E-state index is 11.3. The Kier molecular flexibility index (Phi) is 2.54. The van der Waals surface area contributed by atoms with Gasteiger partial charge in [0.1, 0.15) is 6.10 Å². The Balaban J connectivity index is 2.04. The highest BCUT2D eigenvalue weighted by molar-refractivity contribution is 5.80. The second-order valence-electron chi connectivity index (χ2n) is 4.11. The SMILES string of the molecule is CC1O[C@H]2CCCC[C@@H]2CNC1=O. The predicted octanol–water partition coefficient (Wildman–Crippen LogP) is 1.08. The van der Waals surface area contributed by atoms with Crippen LogP contribution < -0.4 is 5.32 Å². The highest BCUT2D eigenvalue weighted by Crippen LogP contribution is 2.28. The van der Waals surface area contributed by atoms with Crippen LogP contribution in [0.15, 0.2) is 0 Å². The molecule has 3 heteroatoms. The molecule has 1 unspecified atom stereocenters. The summed E-state index contributed by atoms with van der Waals surface area (Å²) in [6.45, 7) is 2.65. The van der Waals surface area contributed by atoms with Gasteiger partial charge in [0.25, 0.3) is 0 Å². The molecular formula is C10H17NO2. The van der Waals surface area contributed by atoms with Crippen LogP contribution in [-0.4, -0.2) is 24.7 Å². The maximum Gasteiger partial charge on any atom is 0.248 e. The summed E-state index contributed by atoms with van der Waals surface area (Å²) in [4.78, 5) is 11.3. The molecule has 0 aromatic rings. The van der Waals surface area contributed by atoms with Crippen molar-refractivity contribution in [1.82, 2.24) is 5.32 Å². The Morgan fingerprint density at radius 1 is 1.38 bits per heavy atom. The van der Waals surface area contributed by atoms with Gasteiger partial charge in [0.05, 0.1) is 6.10 Å². The number of nitrogens with one attached hydrogen (secondary N) is 1. The van der Waals surface area contributed by atoms with E-state index in [1.165, 1.54) is 19.3 Å². The van der Waals surface area contributed by atoms with E-state index < -0.39 is 0 Å². The van der Waals surface area contributed by atoms with Crippen molar-refractivity contribution in [2.24, 2.45) is 5.92 Å². The standard InChI is InChI=1S/C10H17NO2/c1-7-10(12)11-6-8-4-2-3-5-9(8)13-7/h7-9H,2-6H2,1H3,(H,11,12)/t7?,8-,9+/m1/s1. The highest BCUT2D eigenvalue weighted by atomic mass is 16.5. The molecule has 1 aliphatic carbocycles. The Morgan fingerprint density at radius 3 is 3.00 bits per heavy atom. The second kappa shape index (κ2) is 3.66. The first-order chi connectivity index (χ1) is 6.27. The van der Waals surface area contributed by atoms with Crippen molar-refractivity contribution >= 4 is 5.91 Å². The second-order valence-corrected chi connectivity index (χ2v) is 4.11. The molecule has 1 amide bonds. The summed E-state index contributed by atoms with van der Waals surface area (Å²) in [6.07, 6.45) is 4.94. The smallest absolute Gasteiger partial charge is 0.248 e. The van der Waals surface area contributed by atoms with Crippen molar-refractivity contribution in [3.05, 3.63) is 0 Å². The van der Waals surface area contributed by atoms with Crippen molar-refractivity contribution in [1.29, 1.82) is 0 Å². The molecule has 3 nitrogen and oxygen atoms in total. The van der Waals surface area contributed by atoms with Crippen LogP contribution in [0.4, 0.5) is 0 Å². The maximum atomic E-state index is 11.3. The highest BCUT2D eigenvalue weighted by Gasteiger charge is 2.32. The third-order valence-electron chi connectivity index (χ3n) is 3.13. The van der Waals surface area contributed by atoms with Gasteiger partial charge >= 0.3 is 0 Å². The lowest BCUT2D eigenvalue weighted by Gasteiger charge is -2.29. The quantitative estimate of drug-likeness (QED) is 0.610. The largest absolute Gasteiger partial charge is 0.365 e. The van der Waals surface area contributed by atoms with Gasteiger partial charge in [-0.2, -0.15) is 0 Å². The van der Waals surface area contributed by atoms with Crippen LogP contribution in [0.25, 0.3) is 0 Å². The molecule has 3 atom stereocenters. The van der Waals surface area contributed by atoms with Crippen LogP contribution in [0.2, 0.25) is 0 Å². The van der Waals surface area contributed by atoms with Gasteiger partial charge in [0, 0.05) is 12.5 Å². The Hall–Kier alpha value is -0.570. The number of fused-ring (bicyclic) bond motifs is 1. The third-order valence-corrected chi connectivity index (χ3v) is 3.13. The fraction of sp³-hybridized carbons (Fsp3) is 0.900. The first kappa shape index (κ1) is 9.00. The van der Waals surface area contributed by atoms with Gasteiger partial charge in [-0.1, -0.05) is 12.8 Å². The van der Waals surface area contributed by atoms with E-state index in [1.54, 1.807) is 0 Å². The molecule has 1 saturated carbocycles. The van der Waals surface area contributed by atoms with E-state index >= 15 is 0 Å². The lowest BCUT2D eigenvalue weighted by molar-refractivity contribution is -0.133. The van der Waals surface area contributed by atoms with Crippen LogP contribution in [0.3, 0.4) is 0 Å². The number of carbonyl (C=O) groups is 1.